The molecular formula is C10H13F2NO. The van der Waals surface area contributed by atoms with Crippen molar-refractivity contribution >= 4 is 0 Å². The molecule has 2 nitrogen and oxygen atoms in total. The molecule has 0 aliphatic heterocycles. The third-order valence-corrected chi connectivity index (χ3v) is 1.89. The van der Waals surface area contributed by atoms with Gasteiger partial charge in [0.1, 0.15) is 6.61 Å². The molecule has 0 aliphatic carbocycles. The van der Waals surface area contributed by atoms with Crippen LogP contribution in [0.3, 0.4) is 0 Å². The van der Waals surface area contributed by atoms with Gasteiger partial charge in [0.2, 0.25) is 5.82 Å². The molecule has 0 saturated heterocycles. The highest BCUT2D eigenvalue weighted by Crippen LogP contribution is 2.19. The molecule has 0 bridgehead atoms. The number of hydrogen-bond acceptors (Lipinski definition) is 2. The van der Waals surface area contributed by atoms with Gasteiger partial charge in [0.25, 0.3) is 0 Å². The summed E-state index contributed by atoms with van der Waals surface area (Å²) in [6, 6.07) is 3.66. The highest BCUT2D eigenvalue weighted by atomic mass is 19.2. The topological polar surface area (TPSA) is 35.2 Å². The van der Waals surface area contributed by atoms with Crippen LogP contribution in [0.2, 0.25) is 0 Å². The smallest absolute Gasteiger partial charge is 0.200 e. The van der Waals surface area contributed by atoms with Crippen LogP contribution in [0.1, 0.15) is 13.3 Å². The van der Waals surface area contributed by atoms with Crippen LogP contribution in [0.5, 0.6) is 5.75 Å². The molecular weight excluding hydrogens is 188 g/mol. The van der Waals surface area contributed by atoms with Crippen LogP contribution < -0.4 is 10.5 Å². The molecule has 0 fully saturated rings. The average molecular weight is 201 g/mol. The maximum Gasteiger partial charge on any atom is 0.200 e. The summed E-state index contributed by atoms with van der Waals surface area (Å²) in [4.78, 5) is 0. The standard InChI is InChI=1S/C10H13F2NO/c1-2-7(13)6-14-9-5-3-4-8(11)10(9)12/h3-5,7H,2,6,13H2,1H3. The fourth-order valence-corrected chi connectivity index (χ4v) is 0.910. The largest absolute Gasteiger partial charge is 0.489 e. The molecule has 1 aromatic carbocycles. The number of benzene rings is 1. The van der Waals surface area contributed by atoms with Crippen molar-refractivity contribution in [3.8, 4) is 5.75 Å². The molecule has 78 valence electrons. The number of hydrogen-bond donors (Lipinski definition) is 1. The maximum absolute atomic E-state index is 13.0. The Bertz CT molecular complexity index is 304. The Hall–Kier alpha value is -1.16. The van der Waals surface area contributed by atoms with Crippen LogP contribution in [-0.2, 0) is 0 Å². The van der Waals surface area contributed by atoms with Crippen molar-refractivity contribution < 1.29 is 13.5 Å². The van der Waals surface area contributed by atoms with E-state index in [4.69, 9.17) is 10.5 Å². The van der Waals surface area contributed by atoms with Gasteiger partial charge in [-0.2, -0.15) is 4.39 Å². The zero-order valence-corrected chi connectivity index (χ0v) is 7.97. The van der Waals surface area contributed by atoms with E-state index in [0.717, 1.165) is 12.5 Å². The first-order valence-electron chi connectivity index (χ1n) is 4.47. The van der Waals surface area contributed by atoms with E-state index in [1.54, 1.807) is 0 Å². The number of nitrogens with two attached hydrogens (primary N) is 1. The summed E-state index contributed by atoms with van der Waals surface area (Å²) in [5, 5.41) is 0. The Kier molecular flexibility index (Phi) is 3.83. The minimum Gasteiger partial charge on any atom is -0.489 e. The second-order valence-electron chi connectivity index (χ2n) is 3.03. The van der Waals surface area contributed by atoms with Crippen molar-refractivity contribution in [3.63, 3.8) is 0 Å². The monoisotopic (exact) mass is 201 g/mol. The second-order valence-corrected chi connectivity index (χ2v) is 3.03. The normalized spacial score (nSPS) is 12.6. The van der Waals surface area contributed by atoms with E-state index >= 15 is 0 Å². The van der Waals surface area contributed by atoms with Crippen molar-refractivity contribution in [1.29, 1.82) is 0 Å². The molecule has 0 aromatic heterocycles. The number of halogens is 2. The van der Waals surface area contributed by atoms with Crippen molar-refractivity contribution in [2.45, 2.75) is 19.4 Å². The predicted molar refractivity (Wildman–Crippen MR) is 50.1 cm³/mol. The quantitative estimate of drug-likeness (QED) is 0.809. The highest BCUT2D eigenvalue weighted by molar-refractivity contribution is 5.25. The lowest BCUT2D eigenvalue weighted by Crippen LogP contribution is -2.26. The van der Waals surface area contributed by atoms with Crippen molar-refractivity contribution in [2.24, 2.45) is 5.73 Å². The Labute approximate surface area is 81.7 Å². The van der Waals surface area contributed by atoms with Gasteiger partial charge in [0.05, 0.1) is 0 Å². The van der Waals surface area contributed by atoms with Gasteiger partial charge in [0.15, 0.2) is 11.6 Å². The average Bonchev–Trinajstić information content (AvgIpc) is 2.20. The van der Waals surface area contributed by atoms with E-state index in [1.165, 1.54) is 12.1 Å². The Morgan fingerprint density at radius 3 is 2.79 bits per heavy atom. The summed E-state index contributed by atoms with van der Waals surface area (Å²) < 4.78 is 30.7. The van der Waals surface area contributed by atoms with E-state index in [-0.39, 0.29) is 18.4 Å². The van der Waals surface area contributed by atoms with E-state index in [0.29, 0.717) is 0 Å². The third kappa shape index (κ3) is 2.67. The molecule has 4 heteroatoms. The van der Waals surface area contributed by atoms with Crippen molar-refractivity contribution in [2.75, 3.05) is 6.61 Å². The molecule has 0 saturated carbocycles. The third-order valence-electron chi connectivity index (χ3n) is 1.89. The molecule has 0 spiro atoms. The minimum atomic E-state index is -0.962. The molecule has 0 heterocycles. The Morgan fingerprint density at radius 1 is 1.43 bits per heavy atom. The number of ether oxygens (including phenoxy) is 1. The van der Waals surface area contributed by atoms with Gasteiger partial charge in [-0.1, -0.05) is 13.0 Å². The van der Waals surface area contributed by atoms with E-state index in [9.17, 15) is 8.78 Å². The highest BCUT2D eigenvalue weighted by Gasteiger charge is 2.09. The van der Waals surface area contributed by atoms with Gasteiger partial charge < -0.3 is 10.5 Å². The molecule has 1 rings (SSSR count). The van der Waals surface area contributed by atoms with Crippen LogP contribution >= 0.6 is 0 Å². The van der Waals surface area contributed by atoms with Gasteiger partial charge in [0, 0.05) is 6.04 Å². The second kappa shape index (κ2) is 4.91. The van der Waals surface area contributed by atoms with Crippen LogP contribution in [0.4, 0.5) is 8.78 Å². The van der Waals surface area contributed by atoms with E-state index in [2.05, 4.69) is 0 Å². The van der Waals surface area contributed by atoms with Crippen LogP contribution in [-0.4, -0.2) is 12.6 Å². The summed E-state index contributed by atoms with van der Waals surface area (Å²) >= 11 is 0. The van der Waals surface area contributed by atoms with Gasteiger partial charge >= 0.3 is 0 Å². The summed E-state index contributed by atoms with van der Waals surface area (Å²) in [7, 11) is 0. The zero-order chi connectivity index (χ0) is 10.6. The molecule has 2 N–H and O–H groups in total. The lowest BCUT2D eigenvalue weighted by molar-refractivity contribution is 0.268. The molecule has 1 atom stereocenters. The van der Waals surface area contributed by atoms with E-state index < -0.39 is 11.6 Å². The molecule has 0 radical (unpaired) electrons. The lowest BCUT2D eigenvalue weighted by atomic mass is 10.2. The molecule has 14 heavy (non-hydrogen) atoms. The van der Waals surface area contributed by atoms with Crippen molar-refractivity contribution in [3.05, 3.63) is 29.8 Å². The first kappa shape index (κ1) is 10.9. The molecule has 0 amide bonds. The van der Waals surface area contributed by atoms with Gasteiger partial charge in [-0.25, -0.2) is 4.39 Å². The zero-order valence-electron chi connectivity index (χ0n) is 7.97. The number of rotatable bonds is 4. The fraction of sp³-hybridized carbons (Fsp3) is 0.400. The summed E-state index contributed by atoms with van der Waals surface area (Å²) in [6.45, 7) is 2.09. The van der Waals surface area contributed by atoms with Crippen LogP contribution in [0, 0.1) is 11.6 Å². The maximum atomic E-state index is 13.0. The SMILES string of the molecule is CCC(N)COc1cccc(F)c1F. The Morgan fingerprint density at radius 2 is 2.14 bits per heavy atom. The van der Waals surface area contributed by atoms with Gasteiger partial charge in [-0.3, -0.25) is 0 Å². The van der Waals surface area contributed by atoms with Crippen LogP contribution in [0.15, 0.2) is 18.2 Å². The molecule has 1 unspecified atom stereocenters. The lowest BCUT2D eigenvalue weighted by Gasteiger charge is -2.11. The van der Waals surface area contributed by atoms with Gasteiger partial charge in [-0.15, -0.1) is 0 Å². The first-order chi connectivity index (χ1) is 6.65. The predicted octanol–water partition coefficient (Wildman–Crippen LogP) is 2.08. The molecule has 0 aliphatic rings. The Balaban J connectivity index is 2.63. The summed E-state index contributed by atoms with van der Waals surface area (Å²) in [6.07, 6.45) is 0.733. The van der Waals surface area contributed by atoms with E-state index in [1.807, 2.05) is 6.92 Å². The van der Waals surface area contributed by atoms with Crippen molar-refractivity contribution in [1.82, 2.24) is 0 Å². The summed E-state index contributed by atoms with van der Waals surface area (Å²) in [5.74, 6) is -1.96. The first-order valence-corrected chi connectivity index (χ1v) is 4.47. The van der Waals surface area contributed by atoms with Crippen LogP contribution in [0.25, 0.3) is 0 Å². The minimum absolute atomic E-state index is 0.0890. The summed E-state index contributed by atoms with van der Waals surface area (Å²) in [5.41, 5.74) is 5.57. The fourth-order valence-electron chi connectivity index (χ4n) is 0.910. The van der Waals surface area contributed by atoms with Gasteiger partial charge in [-0.05, 0) is 18.6 Å². The molecule has 1 aromatic rings.